The lowest BCUT2D eigenvalue weighted by atomic mass is 9.68. The van der Waals surface area contributed by atoms with Crippen LogP contribution in [-0.4, -0.2) is 0 Å². The summed E-state index contributed by atoms with van der Waals surface area (Å²) >= 11 is 0. The smallest absolute Gasteiger partial charge is 0.0908 e. The number of hydrogen-bond acceptors (Lipinski definition) is 1. The molecule has 0 bridgehead atoms. The molecule has 1 nitrogen and oxygen atoms in total. The SMILES string of the molecule is CCCCCCc1ccc(C2CCC(C3CCC(C=CC#N)CC3)CC2)cc1. The van der Waals surface area contributed by atoms with Gasteiger partial charge in [-0.15, -0.1) is 0 Å². The third-order valence-corrected chi connectivity index (χ3v) is 7.47. The van der Waals surface area contributed by atoms with Crippen LogP contribution in [0.1, 0.15) is 101 Å². The lowest BCUT2D eigenvalue weighted by molar-refractivity contribution is 0.171. The molecule has 0 aliphatic heterocycles. The van der Waals surface area contributed by atoms with Gasteiger partial charge in [-0.25, -0.2) is 0 Å². The predicted molar refractivity (Wildman–Crippen MR) is 119 cm³/mol. The van der Waals surface area contributed by atoms with E-state index in [2.05, 4.69) is 43.3 Å². The van der Waals surface area contributed by atoms with Crippen molar-refractivity contribution in [2.75, 3.05) is 0 Å². The van der Waals surface area contributed by atoms with E-state index in [0.29, 0.717) is 5.92 Å². The molecule has 2 saturated carbocycles. The molecule has 28 heavy (non-hydrogen) atoms. The van der Waals surface area contributed by atoms with Crippen LogP contribution in [0.4, 0.5) is 0 Å². The first-order valence-corrected chi connectivity index (χ1v) is 11.9. The van der Waals surface area contributed by atoms with Crippen LogP contribution in [0.5, 0.6) is 0 Å². The Morgan fingerprint density at radius 3 is 2.11 bits per heavy atom. The Balaban J connectivity index is 1.40. The van der Waals surface area contributed by atoms with Crippen molar-refractivity contribution in [3.8, 4) is 6.07 Å². The van der Waals surface area contributed by atoms with Gasteiger partial charge < -0.3 is 0 Å². The predicted octanol–water partition coefficient (Wildman–Crippen LogP) is 7.97. The summed E-state index contributed by atoms with van der Waals surface area (Å²) in [4.78, 5) is 0. The Morgan fingerprint density at radius 2 is 1.50 bits per heavy atom. The molecule has 0 spiro atoms. The molecule has 0 radical (unpaired) electrons. The van der Waals surface area contributed by atoms with Gasteiger partial charge in [-0.1, -0.05) is 56.5 Å². The standard InChI is InChI=1S/C27H39N/c1-2-3-4-5-7-22-9-13-24(14-10-22)26-17-19-27(20-18-26)25-15-11-23(12-16-25)8-6-21-28/h6,8-10,13-14,23,25-27H,2-5,7,11-12,15-20H2,1H3. The number of rotatable bonds is 8. The normalized spacial score (nSPS) is 28.3. The van der Waals surface area contributed by atoms with Gasteiger partial charge in [0, 0.05) is 6.08 Å². The molecule has 2 aliphatic carbocycles. The van der Waals surface area contributed by atoms with Crippen molar-refractivity contribution >= 4 is 0 Å². The molecule has 1 aromatic rings. The van der Waals surface area contributed by atoms with E-state index in [0.717, 1.165) is 17.8 Å². The van der Waals surface area contributed by atoms with E-state index < -0.39 is 0 Å². The Kier molecular flexibility index (Phi) is 8.66. The maximum absolute atomic E-state index is 8.71. The van der Waals surface area contributed by atoms with E-state index in [1.807, 2.05) is 0 Å². The summed E-state index contributed by atoms with van der Waals surface area (Å²) in [5.41, 5.74) is 3.11. The quantitative estimate of drug-likeness (QED) is 0.333. The monoisotopic (exact) mass is 377 g/mol. The van der Waals surface area contributed by atoms with Gasteiger partial charge in [-0.2, -0.15) is 5.26 Å². The highest BCUT2D eigenvalue weighted by molar-refractivity contribution is 5.26. The molecular formula is C27H39N. The van der Waals surface area contributed by atoms with Gasteiger partial charge in [-0.3, -0.25) is 0 Å². The fourth-order valence-electron chi connectivity index (χ4n) is 5.62. The summed E-state index contributed by atoms with van der Waals surface area (Å²) in [5.74, 6) is 3.35. The summed E-state index contributed by atoms with van der Waals surface area (Å²) in [5, 5.41) is 8.71. The largest absolute Gasteiger partial charge is 0.193 e. The molecule has 2 fully saturated rings. The first-order valence-electron chi connectivity index (χ1n) is 11.9. The molecular weight excluding hydrogens is 338 g/mol. The summed E-state index contributed by atoms with van der Waals surface area (Å²) in [6.45, 7) is 2.28. The first kappa shape index (κ1) is 21.2. The van der Waals surface area contributed by atoms with Gasteiger partial charge in [0.2, 0.25) is 0 Å². The second-order valence-corrected chi connectivity index (χ2v) is 9.33. The highest BCUT2D eigenvalue weighted by Crippen LogP contribution is 2.44. The molecule has 0 heterocycles. The van der Waals surface area contributed by atoms with E-state index in [1.165, 1.54) is 89.0 Å². The minimum Gasteiger partial charge on any atom is -0.193 e. The van der Waals surface area contributed by atoms with Gasteiger partial charge >= 0.3 is 0 Å². The van der Waals surface area contributed by atoms with Crippen LogP contribution in [-0.2, 0) is 6.42 Å². The fourth-order valence-corrected chi connectivity index (χ4v) is 5.62. The second-order valence-electron chi connectivity index (χ2n) is 9.33. The number of nitriles is 1. The van der Waals surface area contributed by atoms with E-state index in [-0.39, 0.29) is 0 Å². The third-order valence-electron chi connectivity index (χ3n) is 7.47. The maximum atomic E-state index is 8.71. The lowest BCUT2D eigenvalue weighted by Crippen LogP contribution is -2.25. The van der Waals surface area contributed by atoms with Gasteiger partial charge in [0.25, 0.3) is 0 Å². The van der Waals surface area contributed by atoms with Crippen LogP contribution in [0, 0.1) is 29.1 Å². The van der Waals surface area contributed by atoms with Crippen molar-refractivity contribution in [1.29, 1.82) is 5.26 Å². The second kappa shape index (κ2) is 11.5. The highest BCUT2D eigenvalue weighted by Gasteiger charge is 2.30. The zero-order valence-electron chi connectivity index (χ0n) is 17.9. The zero-order chi connectivity index (χ0) is 19.6. The number of aryl methyl sites for hydroxylation is 1. The number of unbranched alkanes of at least 4 members (excludes halogenated alkanes) is 3. The van der Waals surface area contributed by atoms with Crippen LogP contribution < -0.4 is 0 Å². The van der Waals surface area contributed by atoms with Crippen LogP contribution in [0.25, 0.3) is 0 Å². The molecule has 0 saturated heterocycles. The van der Waals surface area contributed by atoms with E-state index in [4.69, 9.17) is 5.26 Å². The Bertz CT molecular complexity index is 619. The van der Waals surface area contributed by atoms with Crippen molar-refractivity contribution in [3.05, 3.63) is 47.5 Å². The van der Waals surface area contributed by atoms with Crippen molar-refractivity contribution in [3.63, 3.8) is 0 Å². The lowest BCUT2D eigenvalue weighted by Gasteiger charge is -2.37. The van der Waals surface area contributed by atoms with Crippen LogP contribution in [0.3, 0.4) is 0 Å². The molecule has 1 aromatic carbocycles. The van der Waals surface area contributed by atoms with E-state index in [1.54, 1.807) is 11.6 Å². The molecule has 0 unspecified atom stereocenters. The number of hydrogen-bond donors (Lipinski definition) is 0. The van der Waals surface area contributed by atoms with Gasteiger partial charge in [0.05, 0.1) is 6.07 Å². The molecule has 1 heteroatoms. The fraction of sp³-hybridized carbons (Fsp3) is 0.667. The van der Waals surface area contributed by atoms with Gasteiger partial charge in [0.15, 0.2) is 0 Å². The first-order chi connectivity index (χ1) is 13.8. The number of nitrogens with zero attached hydrogens (tertiary/aromatic N) is 1. The molecule has 0 atom stereocenters. The average molecular weight is 378 g/mol. The van der Waals surface area contributed by atoms with Crippen molar-refractivity contribution in [2.24, 2.45) is 17.8 Å². The van der Waals surface area contributed by atoms with Gasteiger partial charge in [-0.05, 0) is 99.0 Å². The summed E-state index contributed by atoms with van der Waals surface area (Å²) in [7, 11) is 0. The maximum Gasteiger partial charge on any atom is 0.0908 e. The summed E-state index contributed by atoms with van der Waals surface area (Å²) in [6, 6.07) is 11.8. The Labute approximate surface area is 173 Å². The molecule has 2 aliphatic rings. The molecule has 0 aromatic heterocycles. The van der Waals surface area contributed by atoms with E-state index in [9.17, 15) is 0 Å². The minimum absolute atomic E-state index is 0.660. The van der Waals surface area contributed by atoms with Crippen molar-refractivity contribution in [1.82, 2.24) is 0 Å². The Hall–Kier alpha value is -1.55. The Morgan fingerprint density at radius 1 is 0.857 bits per heavy atom. The summed E-state index contributed by atoms with van der Waals surface area (Å²) < 4.78 is 0. The van der Waals surface area contributed by atoms with E-state index >= 15 is 0 Å². The van der Waals surface area contributed by atoms with Crippen LogP contribution in [0.2, 0.25) is 0 Å². The average Bonchev–Trinajstić information content (AvgIpc) is 2.76. The van der Waals surface area contributed by atoms with Crippen LogP contribution >= 0.6 is 0 Å². The highest BCUT2D eigenvalue weighted by atomic mass is 14.4. The molecule has 0 amide bonds. The number of benzene rings is 1. The third kappa shape index (κ3) is 6.23. The number of allylic oxidation sites excluding steroid dienone is 2. The minimum atomic E-state index is 0.660. The van der Waals surface area contributed by atoms with Crippen molar-refractivity contribution in [2.45, 2.75) is 96.3 Å². The zero-order valence-corrected chi connectivity index (χ0v) is 17.9. The van der Waals surface area contributed by atoms with Crippen molar-refractivity contribution < 1.29 is 0 Å². The van der Waals surface area contributed by atoms with Gasteiger partial charge in [0.1, 0.15) is 0 Å². The molecule has 152 valence electrons. The topological polar surface area (TPSA) is 23.8 Å². The molecule has 0 N–H and O–H groups in total. The summed E-state index contributed by atoms with van der Waals surface area (Å²) in [6.07, 6.45) is 21.4. The van der Waals surface area contributed by atoms with Crippen LogP contribution in [0.15, 0.2) is 36.4 Å². The molecule has 3 rings (SSSR count).